The van der Waals surface area contributed by atoms with Crippen molar-refractivity contribution in [2.75, 3.05) is 14.2 Å². The molecule has 2 heterocycles. The number of para-hydroxylation sites is 1. The number of fused-ring (bicyclic) bond motifs is 3. The van der Waals surface area contributed by atoms with Gasteiger partial charge in [-0.15, -0.1) is 0 Å². The predicted octanol–water partition coefficient (Wildman–Crippen LogP) is 3.28. The average molecular weight is 350 g/mol. The number of hydrogen-bond acceptors (Lipinski definition) is 5. The Kier molecular flexibility index (Phi) is 4.08. The number of aryl methyl sites for hydroxylation is 1. The van der Waals surface area contributed by atoms with Crippen LogP contribution in [-0.4, -0.2) is 23.8 Å². The van der Waals surface area contributed by atoms with E-state index in [1.807, 2.05) is 42.5 Å². The molecule has 0 saturated heterocycles. The molecule has 0 amide bonds. The second-order valence-corrected chi connectivity index (χ2v) is 5.94. The number of ether oxygens (including phenoxy) is 3. The molecule has 4 rings (SSSR count). The molecular weight excluding hydrogens is 332 g/mol. The monoisotopic (exact) mass is 350 g/mol. The fourth-order valence-corrected chi connectivity index (χ4v) is 3.18. The molecule has 0 radical (unpaired) electrons. The maximum absolute atomic E-state index is 12.5. The van der Waals surface area contributed by atoms with Crippen LogP contribution in [0.2, 0.25) is 0 Å². The van der Waals surface area contributed by atoms with Gasteiger partial charge in [0.2, 0.25) is 5.88 Å². The Hall–Kier alpha value is -3.28. The van der Waals surface area contributed by atoms with Crippen LogP contribution in [0.4, 0.5) is 0 Å². The first-order chi connectivity index (χ1) is 12.7. The van der Waals surface area contributed by atoms with E-state index in [9.17, 15) is 4.79 Å². The quantitative estimate of drug-likeness (QED) is 0.723. The van der Waals surface area contributed by atoms with Crippen LogP contribution in [0.15, 0.2) is 53.3 Å². The zero-order valence-electron chi connectivity index (χ0n) is 14.6. The Balaban J connectivity index is 1.83. The third-order valence-electron chi connectivity index (χ3n) is 4.44. The first kappa shape index (κ1) is 16.2. The van der Waals surface area contributed by atoms with E-state index >= 15 is 0 Å². The summed E-state index contributed by atoms with van der Waals surface area (Å²) in [5.74, 6) is 2.20. The SMILES string of the molecule is COc1cc2c(cc1OC)-c1cc(Oc3ccccc3)nc(=O)n1CC2. The van der Waals surface area contributed by atoms with E-state index in [-0.39, 0.29) is 11.6 Å². The van der Waals surface area contributed by atoms with Gasteiger partial charge in [-0.05, 0) is 36.2 Å². The van der Waals surface area contributed by atoms with Crippen LogP contribution < -0.4 is 19.9 Å². The Bertz CT molecular complexity index is 1010. The summed E-state index contributed by atoms with van der Waals surface area (Å²) in [5.41, 5.74) is 2.46. The van der Waals surface area contributed by atoms with Gasteiger partial charge in [-0.25, -0.2) is 4.79 Å². The van der Waals surface area contributed by atoms with E-state index < -0.39 is 0 Å². The average Bonchev–Trinajstić information content (AvgIpc) is 2.67. The second-order valence-electron chi connectivity index (χ2n) is 5.94. The lowest BCUT2D eigenvalue weighted by Crippen LogP contribution is -2.28. The minimum absolute atomic E-state index is 0.273. The highest BCUT2D eigenvalue weighted by molar-refractivity contribution is 5.70. The van der Waals surface area contributed by atoms with Crippen molar-refractivity contribution in [1.82, 2.24) is 9.55 Å². The fourth-order valence-electron chi connectivity index (χ4n) is 3.18. The smallest absolute Gasteiger partial charge is 0.351 e. The summed E-state index contributed by atoms with van der Waals surface area (Å²) in [5, 5.41) is 0. The molecular formula is C20H18N2O4. The molecule has 0 N–H and O–H groups in total. The Labute approximate surface area is 150 Å². The van der Waals surface area contributed by atoms with Gasteiger partial charge in [-0.1, -0.05) is 18.2 Å². The summed E-state index contributed by atoms with van der Waals surface area (Å²) in [6.45, 7) is 0.565. The lowest BCUT2D eigenvalue weighted by Gasteiger charge is -2.23. The Morgan fingerprint density at radius 1 is 1.00 bits per heavy atom. The molecule has 0 saturated carbocycles. The molecule has 2 aromatic carbocycles. The number of rotatable bonds is 4. The Morgan fingerprint density at radius 3 is 2.46 bits per heavy atom. The molecule has 26 heavy (non-hydrogen) atoms. The molecule has 6 nitrogen and oxygen atoms in total. The summed E-state index contributed by atoms with van der Waals surface area (Å²) in [6, 6.07) is 14.9. The lowest BCUT2D eigenvalue weighted by atomic mass is 9.97. The van der Waals surface area contributed by atoms with E-state index in [4.69, 9.17) is 14.2 Å². The fraction of sp³-hybridized carbons (Fsp3) is 0.200. The standard InChI is InChI=1S/C20H18N2O4/c1-24-17-10-13-8-9-22-16(15(13)11-18(17)25-2)12-19(21-20(22)23)26-14-6-4-3-5-7-14/h3-7,10-12H,8-9H2,1-2H3. The molecule has 0 atom stereocenters. The minimum atomic E-state index is -0.325. The van der Waals surface area contributed by atoms with Crippen molar-refractivity contribution >= 4 is 0 Å². The minimum Gasteiger partial charge on any atom is -0.493 e. The van der Waals surface area contributed by atoms with Crippen molar-refractivity contribution in [1.29, 1.82) is 0 Å². The molecule has 0 unspecified atom stereocenters. The van der Waals surface area contributed by atoms with Crippen LogP contribution in [0.1, 0.15) is 5.56 Å². The topological polar surface area (TPSA) is 62.6 Å². The molecule has 6 heteroatoms. The van der Waals surface area contributed by atoms with E-state index in [2.05, 4.69) is 4.98 Å². The first-order valence-electron chi connectivity index (χ1n) is 8.29. The van der Waals surface area contributed by atoms with Crippen molar-refractivity contribution < 1.29 is 14.2 Å². The summed E-state index contributed by atoms with van der Waals surface area (Å²) >= 11 is 0. The maximum atomic E-state index is 12.5. The number of benzene rings is 2. The van der Waals surface area contributed by atoms with Crippen LogP contribution in [0.5, 0.6) is 23.1 Å². The van der Waals surface area contributed by atoms with E-state index in [1.54, 1.807) is 24.9 Å². The van der Waals surface area contributed by atoms with E-state index in [0.717, 1.165) is 23.2 Å². The van der Waals surface area contributed by atoms with Crippen LogP contribution in [0, 0.1) is 0 Å². The number of nitrogens with zero attached hydrogens (tertiary/aromatic N) is 2. The Morgan fingerprint density at radius 2 is 1.73 bits per heavy atom. The number of aromatic nitrogens is 2. The highest BCUT2D eigenvalue weighted by Gasteiger charge is 2.22. The molecule has 0 aliphatic carbocycles. The van der Waals surface area contributed by atoms with Crippen LogP contribution in [0.25, 0.3) is 11.3 Å². The molecule has 0 spiro atoms. The van der Waals surface area contributed by atoms with Gasteiger partial charge in [-0.3, -0.25) is 4.57 Å². The van der Waals surface area contributed by atoms with Crippen LogP contribution in [0.3, 0.4) is 0 Å². The summed E-state index contributed by atoms with van der Waals surface area (Å²) in [7, 11) is 3.21. The normalized spacial score (nSPS) is 12.1. The van der Waals surface area contributed by atoms with Gasteiger partial charge < -0.3 is 14.2 Å². The molecule has 1 aromatic heterocycles. The molecule has 1 aliphatic rings. The maximum Gasteiger partial charge on any atom is 0.351 e. The summed E-state index contributed by atoms with van der Waals surface area (Å²) in [6.07, 6.45) is 0.725. The molecule has 0 fully saturated rings. The third-order valence-corrected chi connectivity index (χ3v) is 4.44. The highest BCUT2D eigenvalue weighted by Crippen LogP contribution is 2.38. The number of methoxy groups -OCH3 is 2. The van der Waals surface area contributed by atoms with Crippen molar-refractivity contribution in [3.05, 3.63) is 64.6 Å². The van der Waals surface area contributed by atoms with E-state index in [1.165, 1.54) is 0 Å². The van der Waals surface area contributed by atoms with Gasteiger partial charge in [0.25, 0.3) is 0 Å². The molecule has 132 valence electrons. The van der Waals surface area contributed by atoms with Gasteiger partial charge in [0.1, 0.15) is 5.75 Å². The van der Waals surface area contributed by atoms with Gasteiger partial charge in [0, 0.05) is 18.2 Å². The van der Waals surface area contributed by atoms with Crippen molar-refractivity contribution in [2.24, 2.45) is 0 Å². The summed E-state index contributed by atoms with van der Waals surface area (Å²) < 4.78 is 18.2. The molecule has 3 aromatic rings. The van der Waals surface area contributed by atoms with Crippen molar-refractivity contribution in [3.8, 4) is 34.4 Å². The zero-order valence-corrected chi connectivity index (χ0v) is 14.6. The third kappa shape index (κ3) is 2.79. The van der Waals surface area contributed by atoms with Gasteiger partial charge in [0.05, 0.1) is 19.9 Å². The number of hydrogen-bond donors (Lipinski definition) is 0. The van der Waals surface area contributed by atoms with E-state index in [0.29, 0.717) is 23.8 Å². The van der Waals surface area contributed by atoms with Crippen LogP contribution >= 0.6 is 0 Å². The summed E-state index contributed by atoms with van der Waals surface area (Å²) in [4.78, 5) is 16.5. The van der Waals surface area contributed by atoms with Crippen molar-refractivity contribution in [3.63, 3.8) is 0 Å². The molecule has 0 bridgehead atoms. The van der Waals surface area contributed by atoms with Crippen LogP contribution in [-0.2, 0) is 13.0 Å². The van der Waals surface area contributed by atoms with Gasteiger partial charge in [0.15, 0.2) is 11.5 Å². The largest absolute Gasteiger partial charge is 0.493 e. The molecule has 1 aliphatic heterocycles. The van der Waals surface area contributed by atoms with Gasteiger partial charge in [-0.2, -0.15) is 4.98 Å². The lowest BCUT2D eigenvalue weighted by molar-refractivity contribution is 0.354. The second kappa shape index (κ2) is 6.55. The zero-order chi connectivity index (χ0) is 18.1. The van der Waals surface area contributed by atoms with Crippen molar-refractivity contribution in [2.45, 2.75) is 13.0 Å². The first-order valence-corrected chi connectivity index (χ1v) is 8.29. The highest BCUT2D eigenvalue weighted by atomic mass is 16.5. The van der Waals surface area contributed by atoms with Gasteiger partial charge >= 0.3 is 5.69 Å². The predicted molar refractivity (Wildman–Crippen MR) is 97.3 cm³/mol.